The van der Waals surface area contributed by atoms with Gasteiger partial charge in [0.15, 0.2) is 0 Å². The molecule has 0 radical (unpaired) electrons. The van der Waals surface area contributed by atoms with E-state index in [4.69, 9.17) is 14.5 Å². The van der Waals surface area contributed by atoms with Crippen LogP contribution in [0.25, 0.3) is 0 Å². The minimum Gasteiger partial charge on any atom is -0.478 e. The van der Waals surface area contributed by atoms with Gasteiger partial charge in [0.2, 0.25) is 6.29 Å². The van der Waals surface area contributed by atoms with Crippen molar-refractivity contribution in [3.8, 4) is 0 Å². The summed E-state index contributed by atoms with van der Waals surface area (Å²) in [4.78, 5) is 45.2. The predicted octanol–water partition coefficient (Wildman–Crippen LogP) is 3.74. The molecule has 29 heavy (non-hydrogen) atoms. The summed E-state index contributed by atoms with van der Waals surface area (Å²) in [7, 11) is 0. The second kappa shape index (κ2) is 9.81. The fourth-order valence-electron chi connectivity index (χ4n) is 2.56. The first-order valence-electron chi connectivity index (χ1n) is 8.89. The van der Waals surface area contributed by atoms with Crippen molar-refractivity contribution < 1.29 is 39.1 Å². The van der Waals surface area contributed by atoms with Crippen LogP contribution in [0, 0.1) is 13.8 Å². The van der Waals surface area contributed by atoms with Gasteiger partial charge in [-0.1, -0.05) is 36.2 Å². The van der Waals surface area contributed by atoms with Crippen LogP contribution in [0.4, 0.5) is 0 Å². The average molecular weight is 402 g/mol. The number of benzene rings is 2. The van der Waals surface area contributed by atoms with Crippen LogP contribution in [0.2, 0.25) is 0 Å². The van der Waals surface area contributed by atoms with Crippen LogP contribution in [-0.2, 0) is 21.1 Å². The molecule has 154 valence electrons. The van der Waals surface area contributed by atoms with E-state index >= 15 is 0 Å². The molecule has 0 saturated carbocycles. The molecule has 0 bridgehead atoms. The van der Waals surface area contributed by atoms with E-state index in [1.54, 1.807) is 39.0 Å². The van der Waals surface area contributed by atoms with Gasteiger partial charge in [-0.25, -0.2) is 19.3 Å². The maximum atomic E-state index is 12.4. The number of carboxylic acids is 2. The molecule has 2 aromatic rings. The highest BCUT2D eigenvalue weighted by atomic mass is 17.2. The SMILES string of the molecule is CCC(OOCc1ccc(C)cc1C(=O)O)OC(=O)c1ccc(C)cc1C(=O)O. The number of hydrogen-bond acceptors (Lipinski definition) is 6. The quantitative estimate of drug-likeness (QED) is 0.282. The Labute approximate surface area is 167 Å². The summed E-state index contributed by atoms with van der Waals surface area (Å²) >= 11 is 0. The molecule has 8 nitrogen and oxygen atoms in total. The Balaban J connectivity index is 2.03. The van der Waals surface area contributed by atoms with Crippen molar-refractivity contribution in [1.29, 1.82) is 0 Å². The third-order valence-corrected chi connectivity index (χ3v) is 4.08. The van der Waals surface area contributed by atoms with E-state index in [0.29, 0.717) is 11.1 Å². The van der Waals surface area contributed by atoms with Crippen molar-refractivity contribution in [3.63, 3.8) is 0 Å². The zero-order chi connectivity index (χ0) is 21.6. The molecular formula is C21H22O8. The number of aromatic carboxylic acids is 2. The zero-order valence-corrected chi connectivity index (χ0v) is 16.3. The van der Waals surface area contributed by atoms with Crippen molar-refractivity contribution in [2.24, 2.45) is 0 Å². The predicted molar refractivity (Wildman–Crippen MR) is 102 cm³/mol. The molecule has 2 rings (SSSR count). The van der Waals surface area contributed by atoms with E-state index < -0.39 is 24.2 Å². The number of carbonyl (C=O) groups is 3. The second-order valence-electron chi connectivity index (χ2n) is 6.42. The number of hydrogen-bond donors (Lipinski definition) is 2. The van der Waals surface area contributed by atoms with Gasteiger partial charge in [0.1, 0.15) is 6.61 Å². The molecule has 0 heterocycles. The lowest BCUT2D eigenvalue weighted by molar-refractivity contribution is -0.374. The highest BCUT2D eigenvalue weighted by Gasteiger charge is 2.22. The molecule has 0 aliphatic carbocycles. The Hall–Kier alpha value is -3.23. The Morgan fingerprint density at radius 2 is 1.48 bits per heavy atom. The number of esters is 1. The van der Waals surface area contributed by atoms with Gasteiger partial charge in [0.05, 0.1) is 16.7 Å². The first kappa shape index (κ1) is 22.1. The van der Waals surface area contributed by atoms with Gasteiger partial charge in [-0.2, -0.15) is 4.89 Å². The topological polar surface area (TPSA) is 119 Å². The molecule has 0 fully saturated rings. The van der Waals surface area contributed by atoms with Crippen molar-refractivity contribution in [2.75, 3.05) is 0 Å². The third kappa shape index (κ3) is 5.87. The second-order valence-corrected chi connectivity index (χ2v) is 6.42. The first-order valence-corrected chi connectivity index (χ1v) is 8.89. The van der Waals surface area contributed by atoms with Crippen molar-refractivity contribution >= 4 is 17.9 Å². The monoisotopic (exact) mass is 402 g/mol. The fourth-order valence-corrected chi connectivity index (χ4v) is 2.56. The van der Waals surface area contributed by atoms with Crippen molar-refractivity contribution in [3.05, 3.63) is 69.8 Å². The number of rotatable bonds is 9. The van der Waals surface area contributed by atoms with Gasteiger partial charge in [-0.15, -0.1) is 0 Å². The molecule has 0 aliphatic rings. The van der Waals surface area contributed by atoms with E-state index in [0.717, 1.165) is 5.56 Å². The summed E-state index contributed by atoms with van der Waals surface area (Å²) in [5, 5.41) is 18.5. The maximum Gasteiger partial charge on any atom is 0.341 e. The number of ether oxygens (including phenoxy) is 1. The van der Waals surface area contributed by atoms with Gasteiger partial charge >= 0.3 is 17.9 Å². The molecule has 0 saturated heterocycles. The Bertz CT molecular complexity index is 919. The molecule has 1 atom stereocenters. The molecular weight excluding hydrogens is 380 g/mol. The Morgan fingerprint density at radius 3 is 2.07 bits per heavy atom. The van der Waals surface area contributed by atoms with Gasteiger partial charge < -0.3 is 14.9 Å². The van der Waals surface area contributed by atoms with Crippen LogP contribution in [-0.4, -0.2) is 34.4 Å². The Morgan fingerprint density at radius 1 is 0.897 bits per heavy atom. The molecule has 1 unspecified atom stereocenters. The highest BCUT2D eigenvalue weighted by molar-refractivity contribution is 6.02. The standard InChI is InChI=1S/C21H22O8/c1-4-18(28-21(26)15-8-6-13(3)10-17(15)20(24)25)29-27-11-14-7-5-12(2)9-16(14)19(22)23/h5-10,18H,4,11H2,1-3H3,(H,22,23)(H,24,25). The van der Waals surface area contributed by atoms with Gasteiger partial charge in [0.25, 0.3) is 0 Å². The highest BCUT2D eigenvalue weighted by Crippen LogP contribution is 2.17. The lowest BCUT2D eigenvalue weighted by Crippen LogP contribution is -2.22. The van der Waals surface area contributed by atoms with Crippen LogP contribution in [0.1, 0.15) is 61.1 Å². The summed E-state index contributed by atoms with van der Waals surface area (Å²) in [6, 6.07) is 9.23. The first-order chi connectivity index (χ1) is 13.7. The van der Waals surface area contributed by atoms with Gasteiger partial charge in [-0.05, 0) is 37.6 Å². The van der Waals surface area contributed by atoms with Crippen LogP contribution in [0.5, 0.6) is 0 Å². The van der Waals surface area contributed by atoms with Crippen LogP contribution in [0.3, 0.4) is 0 Å². The fraction of sp³-hybridized carbons (Fsp3) is 0.286. The molecule has 0 aromatic heterocycles. The molecule has 2 aromatic carbocycles. The average Bonchev–Trinajstić information content (AvgIpc) is 2.67. The Kier molecular flexibility index (Phi) is 7.46. The summed E-state index contributed by atoms with van der Waals surface area (Å²) in [6.07, 6.45) is -0.858. The van der Waals surface area contributed by atoms with Crippen LogP contribution < -0.4 is 0 Å². The molecule has 8 heteroatoms. The van der Waals surface area contributed by atoms with Crippen LogP contribution in [0.15, 0.2) is 36.4 Å². The maximum absolute atomic E-state index is 12.4. The van der Waals surface area contributed by atoms with E-state index in [1.165, 1.54) is 18.2 Å². The van der Waals surface area contributed by atoms with Gasteiger partial charge in [0, 0.05) is 6.42 Å². The molecule has 0 amide bonds. The van der Waals surface area contributed by atoms with Crippen molar-refractivity contribution in [1.82, 2.24) is 0 Å². The van der Waals surface area contributed by atoms with E-state index in [9.17, 15) is 24.6 Å². The normalized spacial score (nSPS) is 11.7. The van der Waals surface area contributed by atoms with Gasteiger partial charge in [-0.3, -0.25) is 0 Å². The van der Waals surface area contributed by atoms with E-state index in [2.05, 4.69) is 0 Å². The lowest BCUT2D eigenvalue weighted by atomic mass is 10.0. The van der Waals surface area contributed by atoms with E-state index in [1.807, 2.05) is 0 Å². The molecule has 2 N–H and O–H groups in total. The van der Waals surface area contributed by atoms with Crippen molar-refractivity contribution in [2.45, 2.75) is 40.1 Å². The minimum atomic E-state index is -1.24. The minimum absolute atomic E-state index is 0.0874. The lowest BCUT2D eigenvalue weighted by Gasteiger charge is -2.17. The summed E-state index contributed by atoms with van der Waals surface area (Å²) < 4.78 is 5.19. The largest absolute Gasteiger partial charge is 0.478 e. The van der Waals surface area contributed by atoms with Crippen LogP contribution >= 0.6 is 0 Å². The number of carboxylic acid groups (broad SMARTS) is 2. The smallest absolute Gasteiger partial charge is 0.341 e. The molecule has 0 spiro atoms. The summed E-state index contributed by atoms with van der Waals surface area (Å²) in [6.45, 7) is 5.00. The summed E-state index contributed by atoms with van der Waals surface area (Å²) in [5.74, 6) is -3.20. The van der Waals surface area contributed by atoms with E-state index in [-0.39, 0.29) is 29.7 Å². The summed E-state index contributed by atoms with van der Waals surface area (Å²) in [5.41, 5.74) is 1.70. The molecule has 0 aliphatic heterocycles. The zero-order valence-electron chi connectivity index (χ0n) is 16.3. The third-order valence-electron chi connectivity index (χ3n) is 4.08. The number of aryl methyl sites for hydroxylation is 2. The number of carbonyl (C=O) groups excluding carboxylic acids is 1.